The molecule has 0 aliphatic rings. The first-order valence-electron chi connectivity index (χ1n) is 19.5. The lowest BCUT2D eigenvalue weighted by Crippen LogP contribution is -2.76. The van der Waals surface area contributed by atoms with E-state index in [4.69, 9.17) is 15.0 Å². The Morgan fingerprint density at radius 2 is 0.948 bits per heavy atom. The number of rotatable bonds is 6. The molecule has 8 aromatic carbocycles. The number of aromatic nitrogens is 5. The fourth-order valence-corrected chi connectivity index (χ4v) is 15.5. The lowest BCUT2D eigenvalue weighted by Gasteiger charge is -2.32. The molecule has 0 aliphatic heterocycles. The van der Waals surface area contributed by atoms with Gasteiger partial charge in [-0.1, -0.05) is 152 Å². The molecule has 0 N–H and O–H groups in total. The van der Waals surface area contributed by atoms with E-state index in [-0.39, 0.29) is 0 Å². The Morgan fingerprint density at radius 3 is 1.62 bits per heavy atom. The Balaban J connectivity index is 1.13. The summed E-state index contributed by atoms with van der Waals surface area (Å²) in [6.07, 6.45) is 1.73. The van der Waals surface area contributed by atoms with E-state index in [1.54, 1.807) is 6.33 Å². The number of fused-ring (bicyclic) bond motifs is 9. The van der Waals surface area contributed by atoms with Crippen LogP contribution in [0.15, 0.2) is 200 Å². The summed E-state index contributed by atoms with van der Waals surface area (Å²) >= 11 is 1.86. The van der Waals surface area contributed by atoms with Gasteiger partial charge in [0.15, 0.2) is 0 Å². The molecule has 0 atom stereocenters. The summed E-state index contributed by atoms with van der Waals surface area (Å²) in [5.41, 5.74) is 6.37. The lowest BCUT2D eigenvalue weighted by molar-refractivity contribution is 0.960. The van der Waals surface area contributed by atoms with Crippen LogP contribution in [0.5, 0.6) is 0 Å². The summed E-state index contributed by atoms with van der Waals surface area (Å²) in [5, 5.41) is 11.0. The van der Waals surface area contributed by atoms with Gasteiger partial charge in [0.05, 0.1) is 22.1 Å². The number of para-hydroxylation sites is 3. The highest BCUT2D eigenvalue weighted by Gasteiger charge is 2.46. The zero-order valence-corrected chi connectivity index (χ0v) is 33.0. The van der Waals surface area contributed by atoms with E-state index < -0.39 is 8.07 Å². The van der Waals surface area contributed by atoms with Crippen LogP contribution in [0.3, 0.4) is 0 Å². The monoisotopic (exact) mass is 775 g/mol. The molecule has 272 valence electrons. The van der Waals surface area contributed by atoms with E-state index in [0.29, 0.717) is 5.95 Å². The van der Waals surface area contributed by atoms with Crippen LogP contribution in [0, 0.1) is 0 Å². The summed E-state index contributed by atoms with van der Waals surface area (Å²) < 4.78 is 7.15. The molecule has 4 aromatic heterocycles. The molecule has 0 amide bonds. The number of hydrogen-bond donors (Lipinski definition) is 0. The van der Waals surface area contributed by atoms with Crippen molar-refractivity contribution >= 4 is 104 Å². The van der Waals surface area contributed by atoms with Crippen LogP contribution in [-0.4, -0.2) is 32.2 Å². The molecule has 0 fully saturated rings. The average Bonchev–Trinajstić information content (AvgIpc) is 3.96. The van der Waals surface area contributed by atoms with Gasteiger partial charge in [-0.3, -0.25) is 4.57 Å². The quantitative estimate of drug-likeness (QED) is 0.125. The van der Waals surface area contributed by atoms with E-state index in [9.17, 15) is 0 Å². The van der Waals surface area contributed by atoms with Crippen molar-refractivity contribution in [1.29, 1.82) is 0 Å². The van der Waals surface area contributed by atoms with Crippen LogP contribution >= 0.6 is 11.3 Å². The first kappa shape index (κ1) is 33.0. The molecule has 12 aromatic rings. The highest BCUT2D eigenvalue weighted by Crippen LogP contribution is 2.37. The van der Waals surface area contributed by atoms with Crippen LogP contribution in [-0.2, 0) is 0 Å². The van der Waals surface area contributed by atoms with Crippen molar-refractivity contribution in [2.24, 2.45) is 0 Å². The maximum absolute atomic E-state index is 5.63. The van der Waals surface area contributed by atoms with Crippen molar-refractivity contribution in [2.75, 3.05) is 0 Å². The first-order chi connectivity index (χ1) is 28.8. The molecule has 5 nitrogen and oxygen atoms in total. The molecule has 0 aliphatic carbocycles. The van der Waals surface area contributed by atoms with Gasteiger partial charge in [0.2, 0.25) is 14.0 Å². The second-order valence-corrected chi connectivity index (χ2v) is 19.5. The highest BCUT2D eigenvalue weighted by molar-refractivity contribution is 7.30. The number of hydrogen-bond acceptors (Lipinski definition) is 4. The SMILES string of the molecule is c1ccc([Si](c2ccccc2)(c2ncnc(-n3c4ccccc4c4cc(-n5c6ccccc6c6ccccc65)ccc43)n2)c2cccc3c2sc2ccccc23)cc1. The molecule has 4 heterocycles. The van der Waals surface area contributed by atoms with Crippen LogP contribution in [0.2, 0.25) is 0 Å². The number of thiophene rings is 1. The largest absolute Gasteiger partial charge is 0.309 e. The van der Waals surface area contributed by atoms with Crippen LogP contribution < -0.4 is 21.0 Å². The van der Waals surface area contributed by atoms with Crippen LogP contribution in [0.1, 0.15) is 0 Å². The van der Waals surface area contributed by atoms with Gasteiger partial charge >= 0.3 is 0 Å². The van der Waals surface area contributed by atoms with E-state index in [0.717, 1.165) is 32.9 Å². The molecule has 58 heavy (non-hydrogen) atoms. The summed E-state index contributed by atoms with van der Waals surface area (Å²) in [4.78, 5) is 15.8. The van der Waals surface area contributed by atoms with Gasteiger partial charge in [-0.25, -0.2) is 15.0 Å². The van der Waals surface area contributed by atoms with Crippen LogP contribution in [0.25, 0.3) is 75.4 Å². The highest BCUT2D eigenvalue weighted by atomic mass is 32.1. The van der Waals surface area contributed by atoms with E-state index in [2.05, 4.69) is 203 Å². The number of nitrogens with zero attached hydrogens (tertiary/aromatic N) is 5. The predicted molar refractivity (Wildman–Crippen MR) is 245 cm³/mol. The normalized spacial score (nSPS) is 12.1. The fourth-order valence-electron chi connectivity index (χ4n) is 9.37. The maximum atomic E-state index is 5.63. The van der Waals surface area contributed by atoms with Crippen molar-refractivity contribution in [2.45, 2.75) is 0 Å². The van der Waals surface area contributed by atoms with Gasteiger partial charge < -0.3 is 4.57 Å². The third-order valence-corrected chi connectivity index (χ3v) is 17.7. The van der Waals surface area contributed by atoms with Gasteiger partial charge in [0.1, 0.15) is 11.8 Å². The Morgan fingerprint density at radius 1 is 0.414 bits per heavy atom. The minimum atomic E-state index is -3.17. The summed E-state index contributed by atoms with van der Waals surface area (Å²) in [5.74, 6) is 0.605. The molecule has 0 saturated carbocycles. The standard InChI is InChI=1S/C51H33N5SSi/c1-3-16-35(17-4-1)58(36-18-5-2-6-19-36,48-29-15-24-41-40-23-10-14-28-47(40)57-49(41)48)51-53-33-52-50(54-51)56-45-27-13-9-22-39(45)42-32-34(30-31-46(42)56)55-43-25-11-7-20-37(43)38-21-8-12-26-44(38)55/h1-33H. The minimum absolute atomic E-state index is 0.605. The molecule has 0 unspecified atom stereocenters. The third kappa shape index (κ3) is 4.72. The van der Waals surface area contributed by atoms with Crippen molar-refractivity contribution < 1.29 is 0 Å². The Kier molecular flexibility index (Phi) is 7.35. The smallest absolute Gasteiger partial charge is 0.237 e. The van der Waals surface area contributed by atoms with Crippen molar-refractivity contribution in [3.05, 3.63) is 200 Å². The second kappa shape index (κ2) is 12.9. The van der Waals surface area contributed by atoms with Gasteiger partial charge in [0.25, 0.3) is 0 Å². The molecule has 0 saturated heterocycles. The van der Waals surface area contributed by atoms with Crippen molar-refractivity contribution in [1.82, 2.24) is 24.1 Å². The Hall–Kier alpha value is -7.19. The van der Waals surface area contributed by atoms with E-state index >= 15 is 0 Å². The van der Waals surface area contributed by atoms with Gasteiger partial charge in [-0.15, -0.1) is 11.3 Å². The van der Waals surface area contributed by atoms with Gasteiger partial charge in [0, 0.05) is 47.4 Å². The average molecular weight is 776 g/mol. The molecule has 0 radical (unpaired) electrons. The lowest BCUT2D eigenvalue weighted by atomic mass is 10.1. The first-order valence-corrected chi connectivity index (χ1v) is 22.3. The summed E-state index contributed by atoms with van der Waals surface area (Å²) in [7, 11) is -3.17. The predicted octanol–water partition coefficient (Wildman–Crippen LogP) is 9.81. The molecule has 12 rings (SSSR count). The van der Waals surface area contributed by atoms with Gasteiger partial charge in [-0.2, -0.15) is 0 Å². The van der Waals surface area contributed by atoms with E-state index in [1.807, 2.05) is 11.3 Å². The molecule has 0 bridgehead atoms. The summed E-state index contributed by atoms with van der Waals surface area (Å²) in [6.45, 7) is 0. The Labute approximate surface area is 338 Å². The molecular weight excluding hydrogens is 743 g/mol. The van der Waals surface area contributed by atoms with Crippen molar-refractivity contribution in [3.8, 4) is 11.6 Å². The number of benzene rings is 8. The van der Waals surface area contributed by atoms with E-state index in [1.165, 1.54) is 57.5 Å². The Bertz CT molecular complexity index is 3440. The third-order valence-electron chi connectivity index (χ3n) is 11.8. The topological polar surface area (TPSA) is 48.5 Å². The second-order valence-electron chi connectivity index (χ2n) is 14.8. The zero-order chi connectivity index (χ0) is 38.2. The van der Waals surface area contributed by atoms with Crippen LogP contribution in [0.4, 0.5) is 0 Å². The maximum Gasteiger partial charge on any atom is 0.237 e. The zero-order valence-electron chi connectivity index (χ0n) is 31.2. The molecular formula is C51H33N5SSi. The van der Waals surface area contributed by atoms with Gasteiger partial charge in [-0.05, 0) is 58.0 Å². The molecule has 0 spiro atoms. The fraction of sp³-hybridized carbons (Fsp3) is 0. The summed E-state index contributed by atoms with van der Waals surface area (Å²) in [6, 6.07) is 70.1. The molecule has 7 heteroatoms. The van der Waals surface area contributed by atoms with Crippen molar-refractivity contribution in [3.63, 3.8) is 0 Å². The minimum Gasteiger partial charge on any atom is -0.309 e.